The van der Waals surface area contributed by atoms with Crippen LogP contribution in [0.25, 0.3) is 0 Å². The Morgan fingerprint density at radius 3 is 2.55 bits per heavy atom. The number of hydrogen-bond acceptors (Lipinski definition) is 4. The van der Waals surface area contributed by atoms with Crippen molar-refractivity contribution in [3.63, 3.8) is 0 Å². The third-order valence-corrected chi connectivity index (χ3v) is 4.34. The third-order valence-electron chi connectivity index (χ3n) is 4.34. The number of nitrogens with one attached hydrogen (secondary N) is 2. The van der Waals surface area contributed by atoms with Crippen molar-refractivity contribution in [2.75, 3.05) is 45.8 Å². The maximum atomic E-state index is 5.72. The molecule has 2 rings (SSSR count). The SMILES string of the molecule is CCOc1ccc(NC(=NC)NCCCCOCCc2ccccc2)cc1OC. The monoisotopic (exact) mass is 399 g/mol. The molecule has 29 heavy (non-hydrogen) atoms. The van der Waals surface area contributed by atoms with Gasteiger partial charge in [0.25, 0.3) is 0 Å². The van der Waals surface area contributed by atoms with Gasteiger partial charge in [0.05, 0.1) is 20.3 Å². The molecule has 0 radical (unpaired) electrons. The lowest BCUT2D eigenvalue weighted by Gasteiger charge is -2.14. The summed E-state index contributed by atoms with van der Waals surface area (Å²) < 4.78 is 16.7. The Morgan fingerprint density at radius 1 is 1.00 bits per heavy atom. The van der Waals surface area contributed by atoms with Crippen molar-refractivity contribution in [1.82, 2.24) is 5.32 Å². The Morgan fingerprint density at radius 2 is 1.83 bits per heavy atom. The summed E-state index contributed by atoms with van der Waals surface area (Å²) in [6.07, 6.45) is 2.98. The number of guanidine groups is 1. The number of aliphatic imine (C=N–C) groups is 1. The van der Waals surface area contributed by atoms with Gasteiger partial charge in [-0.15, -0.1) is 0 Å². The van der Waals surface area contributed by atoms with Gasteiger partial charge in [0.2, 0.25) is 0 Å². The first kappa shape index (κ1) is 22.6. The molecule has 0 saturated heterocycles. The summed E-state index contributed by atoms with van der Waals surface area (Å²) in [7, 11) is 3.39. The molecular weight excluding hydrogens is 366 g/mol. The molecule has 6 heteroatoms. The standard InChI is InChI=1S/C23H33N3O3/c1-4-29-21-13-12-20(18-22(21)27-3)26-23(24-2)25-15-8-9-16-28-17-14-19-10-6-5-7-11-19/h5-7,10-13,18H,4,8-9,14-17H2,1-3H3,(H2,24,25,26). The maximum absolute atomic E-state index is 5.72. The zero-order valence-corrected chi connectivity index (χ0v) is 17.7. The van der Waals surface area contributed by atoms with Gasteiger partial charge in [-0.05, 0) is 43.9 Å². The van der Waals surface area contributed by atoms with Crippen molar-refractivity contribution >= 4 is 11.6 Å². The minimum atomic E-state index is 0.600. The predicted octanol–water partition coefficient (Wildman–Crippen LogP) is 4.12. The fraction of sp³-hybridized carbons (Fsp3) is 0.435. The Labute approximate surface area is 174 Å². The van der Waals surface area contributed by atoms with Crippen LogP contribution in [-0.2, 0) is 11.2 Å². The van der Waals surface area contributed by atoms with Gasteiger partial charge in [-0.2, -0.15) is 0 Å². The summed E-state index contributed by atoms with van der Waals surface area (Å²) in [5, 5.41) is 6.60. The molecule has 2 N–H and O–H groups in total. The average Bonchev–Trinajstić information content (AvgIpc) is 2.76. The molecule has 0 saturated carbocycles. The largest absolute Gasteiger partial charge is 0.493 e. The van der Waals surface area contributed by atoms with Gasteiger partial charge in [0.15, 0.2) is 17.5 Å². The number of nitrogens with zero attached hydrogens (tertiary/aromatic N) is 1. The summed E-state index contributed by atoms with van der Waals surface area (Å²) in [5.74, 6) is 2.15. The summed E-state index contributed by atoms with van der Waals surface area (Å²) >= 11 is 0. The lowest BCUT2D eigenvalue weighted by atomic mass is 10.2. The van der Waals surface area contributed by atoms with Crippen molar-refractivity contribution < 1.29 is 14.2 Å². The lowest BCUT2D eigenvalue weighted by Crippen LogP contribution is -2.31. The zero-order chi connectivity index (χ0) is 20.7. The minimum absolute atomic E-state index is 0.600. The van der Waals surface area contributed by atoms with Gasteiger partial charge in [-0.25, -0.2) is 0 Å². The van der Waals surface area contributed by atoms with Crippen molar-refractivity contribution in [3.8, 4) is 11.5 Å². The molecule has 0 aromatic heterocycles. The van der Waals surface area contributed by atoms with Crippen molar-refractivity contribution in [2.45, 2.75) is 26.2 Å². The number of rotatable bonds is 12. The van der Waals surface area contributed by atoms with E-state index in [-0.39, 0.29) is 0 Å². The summed E-state index contributed by atoms with van der Waals surface area (Å²) in [4.78, 5) is 4.27. The topological polar surface area (TPSA) is 64.1 Å². The highest BCUT2D eigenvalue weighted by Crippen LogP contribution is 2.30. The second-order valence-electron chi connectivity index (χ2n) is 6.48. The van der Waals surface area contributed by atoms with Crippen LogP contribution in [0.5, 0.6) is 11.5 Å². The smallest absolute Gasteiger partial charge is 0.195 e. The number of hydrogen-bond donors (Lipinski definition) is 2. The zero-order valence-electron chi connectivity index (χ0n) is 17.7. The van der Waals surface area contributed by atoms with Gasteiger partial charge in [0, 0.05) is 32.0 Å². The maximum Gasteiger partial charge on any atom is 0.195 e. The van der Waals surface area contributed by atoms with Crippen LogP contribution < -0.4 is 20.1 Å². The molecule has 0 aliphatic rings. The van der Waals surface area contributed by atoms with E-state index in [4.69, 9.17) is 14.2 Å². The molecule has 0 unspecified atom stereocenters. The highest BCUT2D eigenvalue weighted by Gasteiger charge is 2.06. The quantitative estimate of drug-likeness (QED) is 0.319. The number of methoxy groups -OCH3 is 1. The predicted molar refractivity (Wildman–Crippen MR) is 119 cm³/mol. The van der Waals surface area contributed by atoms with E-state index in [2.05, 4.69) is 39.9 Å². The van der Waals surface area contributed by atoms with Crippen LogP contribution in [0.3, 0.4) is 0 Å². The molecule has 6 nitrogen and oxygen atoms in total. The summed E-state index contributed by atoms with van der Waals surface area (Å²) in [6.45, 7) is 4.92. The molecule has 0 spiro atoms. The fourth-order valence-electron chi connectivity index (χ4n) is 2.81. The molecule has 158 valence electrons. The highest BCUT2D eigenvalue weighted by atomic mass is 16.5. The fourth-order valence-corrected chi connectivity index (χ4v) is 2.81. The van der Waals surface area contributed by atoms with E-state index in [9.17, 15) is 0 Å². The Hall–Kier alpha value is -2.73. The van der Waals surface area contributed by atoms with Crippen molar-refractivity contribution in [3.05, 3.63) is 54.1 Å². The van der Waals surface area contributed by atoms with Gasteiger partial charge < -0.3 is 24.8 Å². The Bertz CT molecular complexity index is 735. The second kappa shape index (κ2) is 13.4. The number of ether oxygens (including phenoxy) is 3. The van der Waals surface area contributed by atoms with Crippen molar-refractivity contribution in [2.24, 2.45) is 4.99 Å². The van der Waals surface area contributed by atoms with E-state index >= 15 is 0 Å². The second-order valence-corrected chi connectivity index (χ2v) is 6.48. The third kappa shape index (κ3) is 8.44. The molecule has 0 heterocycles. The van der Waals surface area contributed by atoms with Crippen LogP contribution in [0, 0.1) is 0 Å². The minimum Gasteiger partial charge on any atom is -0.493 e. The molecule has 0 aliphatic heterocycles. The van der Waals surface area contributed by atoms with E-state index < -0.39 is 0 Å². The molecule has 2 aromatic carbocycles. The van der Waals surface area contributed by atoms with E-state index in [0.29, 0.717) is 12.4 Å². The molecule has 2 aromatic rings. The molecule has 0 aliphatic carbocycles. The van der Waals surface area contributed by atoms with E-state index in [1.807, 2.05) is 31.2 Å². The number of benzene rings is 2. The van der Waals surface area contributed by atoms with Gasteiger partial charge >= 0.3 is 0 Å². The van der Waals surface area contributed by atoms with Crippen LogP contribution in [-0.4, -0.2) is 46.5 Å². The van der Waals surface area contributed by atoms with Crippen LogP contribution >= 0.6 is 0 Å². The van der Waals surface area contributed by atoms with E-state index in [0.717, 1.165) is 56.4 Å². The molecule has 0 fully saturated rings. The molecule has 0 bridgehead atoms. The summed E-state index contributed by atoms with van der Waals surface area (Å²) in [6, 6.07) is 16.2. The van der Waals surface area contributed by atoms with Crippen LogP contribution in [0.1, 0.15) is 25.3 Å². The highest BCUT2D eigenvalue weighted by molar-refractivity contribution is 5.93. The van der Waals surface area contributed by atoms with Crippen molar-refractivity contribution in [1.29, 1.82) is 0 Å². The number of anilines is 1. The van der Waals surface area contributed by atoms with Crippen LogP contribution in [0.4, 0.5) is 5.69 Å². The molecule has 0 atom stereocenters. The van der Waals surface area contributed by atoms with E-state index in [1.165, 1.54) is 5.56 Å². The van der Waals surface area contributed by atoms with E-state index in [1.54, 1.807) is 14.2 Å². The van der Waals surface area contributed by atoms with Gasteiger partial charge in [0.1, 0.15) is 0 Å². The van der Waals surface area contributed by atoms with Gasteiger partial charge in [-0.3, -0.25) is 4.99 Å². The molecular formula is C23H33N3O3. The first-order valence-corrected chi connectivity index (χ1v) is 10.2. The summed E-state index contributed by atoms with van der Waals surface area (Å²) in [5.41, 5.74) is 2.21. The normalized spacial score (nSPS) is 11.2. The first-order valence-electron chi connectivity index (χ1n) is 10.2. The lowest BCUT2D eigenvalue weighted by molar-refractivity contribution is 0.133. The Balaban J connectivity index is 1.62. The number of unbranched alkanes of at least 4 members (excludes halogenated alkanes) is 1. The van der Waals surface area contributed by atoms with Crippen LogP contribution in [0.15, 0.2) is 53.5 Å². The first-order chi connectivity index (χ1) is 14.3. The molecule has 0 amide bonds. The van der Waals surface area contributed by atoms with Gasteiger partial charge in [-0.1, -0.05) is 30.3 Å². The average molecular weight is 400 g/mol. The Kier molecular flexibility index (Phi) is 10.5. The van der Waals surface area contributed by atoms with Crippen LogP contribution in [0.2, 0.25) is 0 Å².